The fourth-order valence-corrected chi connectivity index (χ4v) is 5.74. The van der Waals surface area contributed by atoms with Gasteiger partial charge in [-0.05, 0) is 42.4 Å². The second-order valence-electron chi connectivity index (χ2n) is 9.78. The summed E-state index contributed by atoms with van der Waals surface area (Å²) >= 11 is 0. The number of piperidine rings is 1. The minimum absolute atomic E-state index is 0.104. The van der Waals surface area contributed by atoms with Crippen LogP contribution in [0.3, 0.4) is 0 Å². The van der Waals surface area contributed by atoms with E-state index in [0.29, 0.717) is 12.5 Å². The smallest absolute Gasteiger partial charge is 0.270 e. The van der Waals surface area contributed by atoms with E-state index >= 15 is 0 Å². The molecule has 11 heteroatoms. The van der Waals surface area contributed by atoms with Crippen LogP contribution in [0.15, 0.2) is 36.7 Å². The Morgan fingerprint density at radius 3 is 2.39 bits per heavy atom. The van der Waals surface area contributed by atoms with Crippen LogP contribution in [-0.2, 0) is 34.3 Å². The summed E-state index contributed by atoms with van der Waals surface area (Å²) in [4.78, 5) is 36.9. The summed E-state index contributed by atoms with van der Waals surface area (Å²) in [7, 11) is -3.46. The second kappa shape index (κ2) is 11.4. The lowest BCUT2D eigenvalue weighted by molar-refractivity contribution is -0.130. The van der Waals surface area contributed by atoms with Gasteiger partial charge in [0.1, 0.15) is 12.0 Å². The van der Waals surface area contributed by atoms with Crippen LogP contribution in [0.2, 0.25) is 0 Å². The number of fused-ring (bicyclic) bond motifs is 1. The van der Waals surface area contributed by atoms with Crippen molar-refractivity contribution in [1.29, 1.82) is 0 Å². The zero-order valence-electron chi connectivity index (χ0n) is 20.8. The van der Waals surface area contributed by atoms with Crippen LogP contribution < -0.4 is 10.0 Å². The van der Waals surface area contributed by atoms with E-state index in [2.05, 4.69) is 37.0 Å². The number of rotatable bonds is 9. The van der Waals surface area contributed by atoms with Gasteiger partial charge in [0.25, 0.3) is 5.91 Å². The molecule has 2 aromatic rings. The van der Waals surface area contributed by atoms with Crippen LogP contribution in [0.1, 0.15) is 47.1 Å². The van der Waals surface area contributed by atoms with Gasteiger partial charge in [0.05, 0.1) is 12.3 Å². The van der Waals surface area contributed by atoms with Crippen molar-refractivity contribution in [3.05, 3.63) is 59.2 Å². The number of carbonyl (C=O) groups is 2. The molecule has 194 valence electrons. The Morgan fingerprint density at radius 2 is 1.78 bits per heavy atom. The van der Waals surface area contributed by atoms with E-state index in [9.17, 15) is 18.0 Å². The van der Waals surface area contributed by atoms with Gasteiger partial charge in [-0.3, -0.25) is 14.5 Å². The number of nitrogens with one attached hydrogen (secondary N) is 2. The molecule has 0 radical (unpaired) electrons. The third kappa shape index (κ3) is 7.31. The molecule has 0 saturated carbocycles. The fraction of sp³-hybridized carbons (Fsp3) is 0.520. The summed E-state index contributed by atoms with van der Waals surface area (Å²) in [6, 6.07) is 9.37. The zero-order valence-corrected chi connectivity index (χ0v) is 21.6. The number of aromatic nitrogens is 2. The number of hydrogen-bond acceptors (Lipinski definition) is 7. The highest BCUT2D eigenvalue weighted by atomic mass is 32.2. The molecule has 10 nitrogen and oxygen atoms in total. The van der Waals surface area contributed by atoms with Crippen LogP contribution >= 0.6 is 0 Å². The van der Waals surface area contributed by atoms with Crippen molar-refractivity contribution in [3.8, 4) is 0 Å². The predicted octanol–water partition coefficient (Wildman–Crippen LogP) is 0.941. The Bertz CT molecular complexity index is 1170. The van der Waals surface area contributed by atoms with Crippen molar-refractivity contribution in [2.24, 2.45) is 5.92 Å². The molecule has 1 atom stereocenters. The average Bonchev–Trinajstić information content (AvgIpc) is 3.24. The van der Waals surface area contributed by atoms with Crippen molar-refractivity contribution in [2.75, 3.05) is 32.4 Å². The largest absolute Gasteiger partial charge is 0.349 e. The van der Waals surface area contributed by atoms with Crippen molar-refractivity contribution in [3.63, 3.8) is 0 Å². The molecule has 0 unspecified atom stereocenters. The first-order chi connectivity index (χ1) is 17.2. The molecule has 1 fully saturated rings. The normalized spacial score (nSPS) is 17.6. The predicted molar refractivity (Wildman–Crippen MR) is 135 cm³/mol. The summed E-state index contributed by atoms with van der Waals surface area (Å²) in [6.45, 7) is 5.18. The Balaban J connectivity index is 1.32. The Kier molecular flexibility index (Phi) is 8.32. The number of benzene rings is 1. The Morgan fingerprint density at radius 1 is 1.11 bits per heavy atom. The highest BCUT2D eigenvalue weighted by Gasteiger charge is 2.25. The number of carbonyl (C=O) groups excluding carboxylic acids is 2. The third-order valence-electron chi connectivity index (χ3n) is 6.79. The molecule has 2 amide bonds. The maximum absolute atomic E-state index is 12.9. The van der Waals surface area contributed by atoms with Gasteiger partial charge in [-0.2, -0.15) is 0 Å². The number of likely N-dealkylation sites (tertiary alicyclic amines) is 1. The first kappa shape index (κ1) is 26.2. The van der Waals surface area contributed by atoms with Crippen LogP contribution in [0, 0.1) is 5.92 Å². The van der Waals surface area contributed by atoms with Gasteiger partial charge < -0.3 is 10.2 Å². The lowest BCUT2D eigenvalue weighted by atomic mass is 9.92. The van der Waals surface area contributed by atoms with Gasteiger partial charge in [-0.15, -0.1) is 0 Å². The first-order valence-electron chi connectivity index (χ1n) is 12.3. The average molecular weight is 515 g/mol. The number of amides is 2. The van der Waals surface area contributed by atoms with E-state index in [-0.39, 0.29) is 24.1 Å². The van der Waals surface area contributed by atoms with Gasteiger partial charge in [-0.25, -0.2) is 23.1 Å². The van der Waals surface area contributed by atoms with Gasteiger partial charge >= 0.3 is 0 Å². The molecule has 0 spiro atoms. The first-order valence-corrected chi connectivity index (χ1v) is 14.2. The lowest BCUT2D eigenvalue weighted by Gasteiger charge is -2.31. The third-order valence-corrected chi connectivity index (χ3v) is 7.55. The molecule has 2 aliphatic heterocycles. The molecule has 1 saturated heterocycles. The quantitative estimate of drug-likeness (QED) is 0.510. The Hall–Kier alpha value is -2.89. The number of hydrogen-bond donors (Lipinski definition) is 2. The SMILES string of the molecule is CC(=O)N1CCC(Cc2cc(C(=O)NC[C@@H](CN3Cc4ccccc4C3)NS(C)(=O)=O)ncn2)CC1. The number of sulfonamides is 1. The lowest BCUT2D eigenvalue weighted by Crippen LogP contribution is -2.48. The van der Waals surface area contributed by atoms with Gasteiger partial charge in [0.15, 0.2) is 0 Å². The van der Waals surface area contributed by atoms with E-state index in [1.165, 1.54) is 17.5 Å². The van der Waals surface area contributed by atoms with Gasteiger partial charge in [-0.1, -0.05) is 24.3 Å². The minimum Gasteiger partial charge on any atom is -0.349 e. The van der Waals surface area contributed by atoms with Crippen molar-refractivity contribution >= 4 is 21.8 Å². The number of nitrogens with zero attached hydrogens (tertiary/aromatic N) is 4. The zero-order chi connectivity index (χ0) is 25.7. The van der Waals surface area contributed by atoms with Crippen molar-refractivity contribution < 1.29 is 18.0 Å². The van der Waals surface area contributed by atoms with Crippen LogP contribution in [0.25, 0.3) is 0 Å². The topological polar surface area (TPSA) is 125 Å². The second-order valence-corrected chi connectivity index (χ2v) is 11.6. The standard InChI is InChI=1S/C25H34N6O4S/c1-18(32)31-9-7-19(8-10-31)11-22-12-24(28-17-27-22)25(33)26-13-23(29-36(2,34)35)16-30-14-20-5-3-4-6-21(20)15-30/h3-6,12,17,19,23,29H,7-11,13-16H2,1-2H3,(H,26,33)/t23-/m0/s1. The van der Waals surface area contributed by atoms with Gasteiger partial charge in [0, 0.05) is 51.9 Å². The molecular formula is C25H34N6O4S. The summed E-state index contributed by atoms with van der Waals surface area (Å²) < 4.78 is 26.6. The maximum Gasteiger partial charge on any atom is 0.270 e. The van der Waals surface area contributed by atoms with Crippen LogP contribution in [0.5, 0.6) is 0 Å². The highest BCUT2D eigenvalue weighted by molar-refractivity contribution is 7.88. The summed E-state index contributed by atoms with van der Waals surface area (Å²) in [5, 5.41) is 2.84. The summed E-state index contributed by atoms with van der Waals surface area (Å²) in [6.07, 6.45) is 5.05. The van der Waals surface area contributed by atoms with Gasteiger partial charge in [0.2, 0.25) is 15.9 Å². The molecule has 1 aromatic heterocycles. The van der Waals surface area contributed by atoms with Crippen LogP contribution in [-0.4, -0.2) is 78.5 Å². The van der Waals surface area contributed by atoms with E-state index < -0.39 is 16.1 Å². The monoisotopic (exact) mass is 514 g/mol. The van der Waals surface area contributed by atoms with E-state index in [1.807, 2.05) is 17.0 Å². The van der Waals surface area contributed by atoms with E-state index in [4.69, 9.17) is 0 Å². The molecule has 2 N–H and O–H groups in total. The fourth-order valence-electron chi connectivity index (χ4n) is 4.98. The minimum atomic E-state index is -3.46. The molecule has 0 aliphatic carbocycles. The molecule has 4 rings (SSSR count). The molecule has 36 heavy (non-hydrogen) atoms. The molecule has 3 heterocycles. The summed E-state index contributed by atoms with van der Waals surface area (Å²) in [5.74, 6) is 0.141. The van der Waals surface area contributed by atoms with E-state index in [0.717, 1.165) is 57.4 Å². The van der Waals surface area contributed by atoms with Crippen molar-refractivity contribution in [1.82, 2.24) is 29.8 Å². The summed E-state index contributed by atoms with van der Waals surface area (Å²) in [5.41, 5.74) is 3.52. The molecule has 1 aromatic carbocycles. The molecule has 2 aliphatic rings. The molecular weight excluding hydrogens is 480 g/mol. The Labute approximate surface area is 212 Å². The van der Waals surface area contributed by atoms with E-state index in [1.54, 1.807) is 13.0 Å². The van der Waals surface area contributed by atoms with Crippen LogP contribution in [0.4, 0.5) is 0 Å². The highest BCUT2D eigenvalue weighted by Crippen LogP contribution is 2.23. The van der Waals surface area contributed by atoms with Crippen molar-refractivity contribution in [2.45, 2.75) is 45.3 Å². The molecule has 0 bridgehead atoms. The maximum atomic E-state index is 12.9.